The van der Waals surface area contributed by atoms with E-state index >= 15 is 0 Å². The quantitative estimate of drug-likeness (QED) is 0.363. The van der Waals surface area contributed by atoms with E-state index in [9.17, 15) is 13.6 Å². The van der Waals surface area contributed by atoms with Gasteiger partial charge in [-0.05, 0) is 76.6 Å². The summed E-state index contributed by atoms with van der Waals surface area (Å²) >= 11 is 0. The maximum atomic E-state index is 14.4. The molecule has 2 bridgehead atoms. The first-order chi connectivity index (χ1) is 17.8. The Morgan fingerprint density at radius 2 is 1.76 bits per heavy atom. The van der Waals surface area contributed by atoms with Crippen LogP contribution in [0.3, 0.4) is 0 Å². The minimum absolute atomic E-state index is 0.197. The summed E-state index contributed by atoms with van der Waals surface area (Å²) in [6.45, 7) is 4.28. The molecule has 0 saturated heterocycles. The lowest BCUT2D eigenvalue weighted by Crippen LogP contribution is -2.24. The topological polar surface area (TPSA) is 90.1 Å². The van der Waals surface area contributed by atoms with E-state index in [0.717, 1.165) is 51.6 Å². The summed E-state index contributed by atoms with van der Waals surface area (Å²) in [6, 6.07) is 13.8. The molecule has 2 aromatic carbocycles. The number of nitrogens with one attached hydrogen (secondary N) is 1. The average molecular weight is 499 g/mol. The standard InChI is InChI=1S/C29H24F2N4O2/c1-3-15-10-26(32)35-14(2)22(15)12-34-29(36)17-5-7-19-21(9-17)28-20-8-16(4-6-18(20)27(19)37-28)23-13-33-25(31)11-24(23)30/h4-11,13,27-28H,3,12H2,1-2H3,(H2,32,35)(H,34,36)/t27-,28+/m0/s1. The van der Waals surface area contributed by atoms with Gasteiger partial charge in [-0.15, -0.1) is 0 Å². The molecule has 2 aliphatic rings. The van der Waals surface area contributed by atoms with Crippen LogP contribution in [0.1, 0.15) is 68.6 Å². The maximum absolute atomic E-state index is 14.4. The fourth-order valence-electron chi connectivity index (χ4n) is 5.39. The summed E-state index contributed by atoms with van der Waals surface area (Å²) in [5, 5.41) is 3.01. The van der Waals surface area contributed by atoms with Crippen LogP contribution in [0.5, 0.6) is 0 Å². The van der Waals surface area contributed by atoms with Crippen molar-refractivity contribution in [3.8, 4) is 11.1 Å². The number of aryl methyl sites for hydroxylation is 2. The number of aromatic nitrogens is 2. The highest BCUT2D eigenvalue weighted by Crippen LogP contribution is 2.54. The molecule has 2 aliphatic heterocycles. The van der Waals surface area contributed by atoms with Gasteiger partial charge in [-0.3, -0.25) is 4.79 Å². The third kappa shape index (κ3) is 3.84. The molecule has 186 valence electrons. The Morgan fingerprint density at radius 3 is 2.51 bits per heavy atom. The Balaban J connectivity index is 1.26. The van der Waals surface area contributed by atoms with Crippen LogP contribution in [0.25, 0.3) is 11.1 Å². The lowest BCUT2D eigenvalue weighted by Gasteiger charge is -2.18. The predicted octanol–water partition coefficient (Wildman–Crippen LogP) is 5.33. The van der Waals surface area contributed by atoms with Gasteiger partial charge >= 0.3 is 0 Å². The number of pyridine rings is 2. The molecule has 0 unspecified atom stereocenters. The van der Waals surface area contributed by atoms with Gasteiger partial charge in [0.1, 0.15) is 23.8 Å². The Labute approximate surface area is 212 Å². The Kier molecular flexibility index (Phi) is 5.49. The van der Waals surface area contributed by atoms with E-state index in [1.165, 1.54) is 6.20 Å². The lowest BCUT2D eigenvalue weighted by atomic mass is 9.84. The molecule has 8 heteroatoms. The number of anilines is 1. The molecule has 6 rings (SSSR count). The van der Waals surface area contributed by atoms with Crippen molar-refractivity contribution in [3.63, 3.8) is 0 Å². The predicted molar refractivity (Wildman–Crippen MR) is 135 cm³/mol. The van der Waals surface area contributed by atoms with Crippen molar-refractivity contribution in [2.24, 2.45) is 0 Å². The third-order valence-corrected chi connectivity index (χ3v) is 7.22. The van der Waals surface area contributed by atoms with Crippen molar-refractivity contribution in [1.82, 2.24) is 15.3 Å². The number of amides is 1. The first-order valence-electron chi connectivity index (χ1n) is 12.1. The molecule has 1 amide bonds. The molecule has 2 aromatic heterocycles. The summed E-state index contributed by atoms with van der Waals surface area (Å²) in [7, 11) is 0. The van der Waals surface area contributed by atoms with Gasteiger partial charge in [0, 0.05) is 35.6 Å². The molecule has 2 atom stereocenters. The van der Waals surface area contributed by atoms with E-state index in [1.807, 2.05) is 44.2 Å². The molecule has 4 heterocycles. The van der Waals surface area contributed by atoms with Crippen molar-refractivity contribution >= 4 is 11.7 Å². The highest BCUT2D eigenvalue weighted by molar-refractivity contribution is 5.94. The summed E-state index contributed by atoms with van der Waals surface area (Å²) in [6.07, 6.45) is 1.37. The van der Waals surface area contributed by atoms with Gasteiger partial charge in [-0.2, -0.15) is 4.39 Å². The maximum Gasteiger partial charge on any atom is 0.251 e. The summed E-state index contributed by atoms with van der Waals surface area (Å²) in [5.74, 6) is -1.26. The number of nitrogens with two attached hydrogens (primary N) is 1. The molecule has 0 fully saturated rings. The van der Waals surface area contributed by atoms with Crippen molar-refractivity contribution < 1.29 is 18.3 Å². The van der Waals surface area contributed by atoms with Crippen LogP contribution in [0.4, 0.5) is 14.6 Å². The monoisotopic (exact) mass is 498 g/mol. The van der Waals surface area contributed by atoms with Gasteiger partial charge in [0.15, 0.2) is 0 Å². The fourth-order valence-corrected chi connectivity index (χ4v) is 5.39. The lowest BCUT2D eigenvalue weighted by molar-refractivity contribution is 0.0857. The number of nitrogen functional groups attached to an aromatic ring is 1. The average Bonchev–Trinajstić information content (AvgIpc) is 3.44. The highest BCUT2D eigenvalue weighted by atomic mass is 19.1. The molecule has 4 aromatic rings. The smallest absolute Gasteiger partial charge is 0.251 e. The van der Waals surface area contributed by atoms with Gasteiger partial charge < -0.3 is 15.8 Å². The highest BCUT2D eigenvalue weighted by Gasteiger charge is 2.43. The largest absolute Gasteiger partial charge is 0.384 e. The Bertz CT molecular complexity index is 1590. The Hall–Kier alpha value is -4.17. The minimum atomic E-state index is -0.863. The van der Waals surface area contributed by atoms with Gasteiger partial charge in [0.2, 0.25) is 5.95 Å². The number of benzene rings is 2. The number of ether oxygens (including phenoxy) is 1. The van der Waals surface area contributed by atoms with E-state index in [1.54, 1.807) is 12.1 Å². The van der Waals surface area contributed by atoms with Gasteiger partial charge in [0.25, 0.3) is 5.91 Å². The van der Waals surface area contributed by atoms with Crippen LogP contribution in [0, 0.1) is 18.7 Å². The van der Waals surface area contributed by atoms with Crippen LogP contribution < -0.4 is 11.1 Å². The first kappa shape index (κ1) is 23.2. The van der Waals surface area contributed by atoms with Crippen LogP contribution in [-0.4, -0.2) is 15.9 Å². The number of carbonyl (C=O) groups excluding carboxylic acids is 1. The second-order valence-corrected chi connectivity index (χ2v) is 9.38. The van der Waals surface area contributed by atoms with E-state index in [2.05, 4.69) is 15.3 Å². The number of carbonyl (C=O) groups is 1. The van der Waals surface area contributed by atoms with Crippen LogP contribution in [0.2, 0.25) is 0 Å². The summed E-state index contributed by atoms with van der Waals surface area (Å²) in [5.41, 5.74) is 13.9. The van der Waals surface area contributed by atoms with E-state index in [0.29, 0.717) is 23.5 Å². The minimum Gasteiger partial charge on any atom is -0.384 e. The van der Waals surface area contributed by atoms with Crippen molar-refractivity contribution in [2.45, 2.75) is 39.0 Å². The normalized spacial score (nSPS) is 17.0. The zero-order chi connectivity index (χ0) is 25.8. The van der Waals surface area contributed by atoms with Crippen LogP contribution in [0.15, 0.2) is 54.7 Å². The van der Waals surface area contributed by atoms with Crippen molar-refractivity contribution in [1.29, 1.82) is 0 Å². The molecule has 37 heavy (non-hydrogen) atoms. The van der Waals surface area contributed by atoms with Crippen molar-refractivity contribution in [2.75, 3.05) is 5.73 Å². The number of hydrogen-bond acceptors (Lipinski definition) is 5. The zero-order valence-electron chi connectivity index (χ0n) is 20.3. The fraction of sp³-hybridized carbons (Fsp3) is 0.207. The zero-order valence-corrected chi connectivity index (χ0v) is 20.3. The molecular formula is C29H24F2N4O2. The van der Waals surface area contributed by atoms with Crippen LogP contribution >= 0.6 is 0 Å². The number of hydrogen-bond donors (Lipinski definition) is 2. The molecule has 0 spiro atoms. The molecule has 0 saturated carbocycles. The first-order valence-corrected chi connectivity index (χ1v) is 12.1. The van der Waals surface area contributed by atoms with Crippen molar-refractivity contribution in [3.05, 3.63) is 111 Å². The van der Waals surface area contributed by atoms with Gasteiger partial charge in [-0.25, -0.2) is 14.4 Å². The SMILES string of the molecule is CCc1cc(N)nc(C)c1CNC(=O)c1ccc2c(c1)[C@@H]1O[C@H]2c2ccc(-c3cnc(F)cc3F)cc21. The number of rotatable bonds is 5. The number of nitrogens with zero attached hydrogens (tertiary/aromatic N) is 2. The number of halogens is 2. The second-order valence-electron chi connectivity index (χ2n) is 9.38. The summed E-state index contributed by atoms with van der Waals surface area (Å²) < 4.78 is 33.9. The van der Waals surface area contributed by atoms with E-state index in [-0.39, 0.29) is 23.7 Å². The van der Waals surface area contributed by atoms with E-state index in [4.69, 9.17) is 10.5 Å². The van der Waals surface area contributed by atoms with Crippen LogP contribution in [-0.2, 0) is 17.7 Å². The molecule has 6 nitrogen and oxygen atoms in total. The molecule has 0 radical (unpaired) electrons. The Morgan fingerprint density at radius 1 is 1.03 bits per heavy atom. The van der Waals surface area contributed by atoms with Gasteiger partial charge in [-0.1, -0.05) is 25.1 Å². The summed E-state index contributed by atoms with van der Waals surface area (Å²) in [4.78, 5) is 21.0. The molecular weight excluding hydrogens is 474 g/mol. The number of fused-ring (bicyclic) bond motifs is 8. The second kappa shape index (κ2) is 8.74. The van der Waals surface area contributed by atoms with E-state index < -0.39 is 11.8 Å². The molecule has 0 aliphatic carbocycles. The third-order valence-electron chi connectivity index (χ3n) is 7.22. The molecule has 3 N–H and O–H groups in total. The van der Waals surface area contributed by atoms with Gasteiger partial charge in [0.05, 0.1) is 0 Å².